The largest absolute Gasteiger partial charge is 0.357 e. The summed E-state index contributed by atoms with van der Waals surface area (Å²) in [6.07, 6.45) is 0. The van der Waals surface area contributed by atoms with E-state index in [9.17, 15) is 4.21 Å². The number of benzene rings is 1. The van der Waals surface area contributed by atoms with Gasteiger partial charge in [0.25, 0.3) is 0 Å². The van der Waals surface area contributed by atoms with Crippen molar-refractivity contribution in [3.8, 4) is 0 Å². The number of hydrogen-bond donors (Lipinski definition) is 2. The summed E-state index contributed by atoms with van der Waals surface area (Å²) in [5, 5.41) is 6.48. The number of guanidine groups is 1. The lowest BCUT2D eigenvalue weighted by molar-refractivity contribution is 0.647. The van der Waals surface area contributed by atoms with Gasteiger partial charge in [0, 0.05) is 34.4 Å². The molecule has 0 spiro atoms. The molecule has 1 rings (SSSR count). The van der Waals surface area contributed by atoms with Crippen LogP contribution in [-0.4, -0.2) is 33.8 Å². The first-order valence-corrected chi connectivity index (χ1v) is 9.11. The van der Waals surface area contributed by atoms with Gasteiger partial charge < -0.3 is 10.6 Å². The Kier molecular flexibility index (Phi) is 7.59. The minimum atomic E-state index is -0.847. The third-order valence-electron chi connectivity index (χ3n) is 3.28. The van der Waals surface area contributed by atoms with E-state index in [1.165, 1.54) is 11.1 Å². The van der Waals surface area contributed by atoms with Gasteiger partial charge in [-0.1, -0.05) is 24.3 Å². The summed E-state index contributed by atoms with van der Waals surface area (Å²) in [5.41, 5.74) is 2.47. The van der Waals surface area contributed by atoms with Crippen LogP contribution in [0.1, 0.15) is 38.8 Å². The van der Waals surface area contributed by atoms with Crippen molar-refractivity contribution in [1.29, 1.82) is 0 Å². The van der Waals surface area contributed by atoms with Gasteiger partial charge in [-0.3, -0.25) is 4.21 Å². The Morgan fingerprint density at radius 2 is 1.91 bits per heavy atom. The van der Waals surface area contributed by atoms with Crippen LogP contribution < -0.4 is 10.6 Å². The lowest BCUT2D eigenvalue weighted by Gasteiger charge is -2.18. The van der Waals surface area contributed by atoms with Gasteiger partial charge in [-0.2, -0.15) is 0 Å². The Bertz CT molecular complexity index is 521. The monoisotopic (exact) mass is 323 g/mol. The number of aryl methyl sites for hydroxylation is 1. The average Bonchev–Trinajstić information content (AvgIpc) is 2.45. The van der Waals surface area contributed by atoms with Crippen molar-refractivity contribution in [3.63, 3.8) is 0 Å². The minimum absolute atomic E-state index is 0.168. The number of aliphatic imine (C=N–C) groups is 1. The van der Waals surface area contributed by atoms with Crippen LogP contribution in [0.25, 0.3) is 0 Å². The van der Waals surface area contributed by atoms with E-state index < -0.39 is 10.8 Å². The maximum atomic E-state index is 12.0. The van der Waals surface area contributed by atoms with Crippen molar-refractivity contribution in [1.82, 2.24) is 10.6 Å². The molecule has 0 aliphatic heterocycles. The maximum Gasteiger partial charge on any atom is 0.191 e. The third-order valence-corrected chi connectivity index (χ3v) is 5.22. The van der Waals surface area contributed by atoms with Gasteiger partial charge in [-0.25, -0.2) is 4.99 Å². The van der Waals surface area contributed by atoms with Crippen LogP contribution in [0, 0.1) is 6.92 Å². The van der Waals surface area contributed by atoms with Gasteiger partial charge in [-0.15, -0.1) is 0 Å². The minimum Gasteiger partial charge on any atom is -0.357 e. The third kappa shape index (κ3) is 6.60. The molecule has 1 aromatic rings. The van der Waals surface area contributed by atoms with Crippen LogP contribution >= 0.6 is 0 Å². The van der Waals surface area contributed by atoms with E-state index in [0.717, 1.165) is 12.5 Å². The Labute approximate surface area is 137 Å². The zero-order chi connectivity index (χ0) is 16.6. The van der Waals surface area contributed by atoms with E-state index in [1.807, 2.05) is 39.8 Å². The van der Waals surface area contributed by atoms with E-state index in [4.69, 9.17) is 0 Å². The quantitative estimate of drug-likeness (QED) is 0.625. The summed E-state index contributed by atoms with van der Waals surface area (Å²) < 4.78 is 11.9. The highest BCUT2D eigenvalue weighted by molar-refractivity contribution is 7.86. The molecule has 0 fully saturated rings. The summed E-state index contributed by atoms with van der Waals surface area (Å²) in [6.45, 7) is 12.2. The highest BCUT2D eigenvalue weighted by atomic mass is 32.2. The molecule has 2 N–H and O–H groups in total. The summed E-state index contributed by atoms with van der Waals surface area (Å²) in [5.74, 6) is 1.40. The van der Waals surface area contributed by atoms with Crippen molar-refractivity contribution in [2.45, 2.75) is 45.9 Å². The lowest BCUT2D eigenvalue weighted by atomic mass is 10.1. The van der Waals surface area contributed by atoms with Gasteiger partial charge in [0.05, 0.1) is 6.54 Å². The number of rotatable bonds is 6. The zero-order valence-electron chi connectivity index (χ0n) is 14.4. The number of nitrogens with one attached hydrogen (secondary N) is 2. The van der Waals surface area contributed by atoms with Gasteiger partial charge in [0.1, 0.15) is 0 Å². The Morgan fingerprint density at radius 1 is 1.23 bits per heavy atom. The van der Waals surface area contributed by atoms with Gasteiger partial charge in [0.2, 0.25) is 0 Å². The van der Waals surface area contributed by atoms with Crippen LogP contribution in [0.15, 0.2) is 29.3 Å². The first-order valence-electron chi connectivity index (χ1n) is 7.79. The molecule has 0 bridgehead atoms. The highest BCUT2D eigenvalue weighted by Gasteiger charge is 2.18. The molecule has 1 atom stereocenters. The molecule has 22 heavy (non-hydrogen) atoms. The molecule has 0 amide bonds. The number of hydrogen-bond acceptors (Lipinski definition) is 2. The second kappa shape index (κ2) is 8.93. The van der Waals surface area contributed by atoms with Crippen molar-refractivity contribution in [2.24, 2.45) is 4.99 Å². The average molecular weight is 324 g/mol. The summed E-state index contributed by atoms with van der Waals surface area (Å²) in [4.78, 5) is 4.60. The van der Waals surface area contributed by atoms with Crippen molar-refractivity contribution in [2.75, 3.05) is 18.8 Å². The van der Waals surface area contributed by atoms with Gasteiger partial charge in [-0.05, 0) is 45.7 Å². The molecular formula is C17H29N3OS. The normalized spacial score (nSPS) is 13.8. The molecule has 0 radical (unpaired) electrons. The molecule has 0 saturated heterocycles. The second-order valence-corrected chi connectivity index (χ2v) is 8.53. The van der Waals surface area contributed by atoms with E-state index in [2.05, 4.69) is 34.7 Å². The highest BCUT2D eigenvalue weighted by Crippen LogP contribution is 2.10. The first-order chi connectivity index (χ1) is 10.3. The smallest absolute Gasteiger partial charge is 0.191 e. The maximum absolute atomic E-state index is 12.0. The molecule has 0 aliphatic carbocycles. The molecule has 0 aliphatic rings. The van der Waals surface area contributed by atoms with E-state index in [0.29, 0.717) is 18.8 Å². The fourth-order valence-electron chi connectivity index (χ4n) is 1.86. The fraction of sp³-hybridized carbons (Fsp3) is 0.588. The van der Waals surface area contributed by atoms with Crippen LogP contribution in [-0.2, 0) is 17.3 Å². The van der Waals surface area contributed by atoms with E-state index in [-0.39, 0.29) is 4.75 Å². The SMILES string of the molecule is CCNC(=NCc1ccccc1C)NCCS(=O)C(C)(C)C. The Morgan fingerprint density at radius 3 is 2.50 bits per heavy atom. The summed E-state index contributed by atoms with van der Waals surface area (Å²) in [6, 6.07) is 8.26. The topological polar surface area (TPSA) is 53.5 Å². The predicted octanol–water partition coefficient (Wildman–Crippen LogP) is 2.60. The van der Waals surface area contributed by atoms with E-state index >= 15 is 0 Å². The standard InChI is InChI=1S/C17H29N3OS/c1-6-18-16(19-11-12-22(21)17(3,4)5)20-13-15-10-8-7-9-14(15)2/h7-10H,6,11-13H2,1-5H3,(H2,18,19,20). The molecule has 0 heterocycles. The van der Waals surface area contributed by atoms with Gasteiger partial charge in [0.15, 0.2) is 5.96 Å². The van der Waals surface area contributed by atoms with Gasteiger partial charge >= 0.3 is 0 Å². The van der Waals surface area contributed by atoms with Crippen LogP contribution in [0.5, 0.6) is 0 Å². The molecule has 1 aromatic carbocycles. The molecule has 4 nitrogen and oxygen atoms in total. The molecule has 1 unspecified atom stereocenters. The molecule has 5 heteroatoms. The summed E-state index contributed by atoms with van der Waals surface area (Å²) in [7, 11) is -0.847. The van der Waals surface area contributed by atoms with Crippen molar-refractivity contribution >= 4 is 16.8 Å². The Hall–Kier alpha value is -1.36. The first kappa shape index (κ1) is 18.7. The second-order valence-electron chi connectivity index (χ2n) is 6.21. The molecular weight excluding hydrogens is 294 g/mol. The van der Waals surface area contributed by atoms with E-state index in [1.54, 1.807) is 0 Å². The number of nitrogens with zero attached hydrogens (tertiary/aromatic N) is 1. The Balaban J connectivity index is 2.56. The molecule has 0 aromatic heterocycles. The lowest BCUT2D eigenvalue weighted by Crippen LogP contribution is -2.40. The predicted molar refractivity (Wildman–Crippen MR) is 96.8 cm³/mol. The molecule has 124 valence electrons. The van der Waals surface area contributed by atoms with Crippen LogP contribution in [0.2, 0.25) is 0 Å². The summed E-state index contributed by atoms with van der Waals surface area (Å²) >= 11 is 0. The zero-order valence-corrected chi connectivity index (χ0v) is 15.2. The van der Waals surface area contributed by atoms with Crippen LogP contribution in [0.3, 0.4) is 0 Å². The van der Waals surface area contributed by atoms with Crippen LogP contribution in [0.4, 0.5) is 0 Å². The fourth-order valence-corrected chi connectivity index (χ4v) is 2.76. The van der Waals surface area contributed by atoms with Crippen molar-refractivity contribution < 1.29 is 4.21 Å². The van der Waals surface area contributed by atoms with Crippen molar-refractivity contribution in [3.05, 3.63) is 35.4 Å². The molecule has 0 saturated carbocycles.